The Morgan fingerprint density at radius 1 is 1.09 bits per heavy atom. The lowest BCUT2D eigenvalue weighted by Gasteiger charge is -2.36. The van der Waals surface area contributed by atoms with Gasteiger partial charge in [0.1, 0.15) is 5.82 Å². The molecule has 6 nitrogen and oxygen atoms in total. The predicted octanol–water partition coefficient (Wildman–Crippen LogP) is 6.38. The molecule has 0 fully saturated rings. The number of nitrogens with zero attached hydrogens (tertiary/aromatic N) is 4. The second kappa shape index (κ2) is 8.44. The largest absolute Gasteiger partial charge is 0.472 e. The van der Waals surface area contributed by atoms with Gasteiger partial charge in [0.05, 0.1) is 28.0 Å². The summed E-state index contributed by atoms with van der Waals surface area (Å²) in [6, 6.07) is 15.9. The number of benzene rings is 2. The van der Waals surface area contributed by atoms with Crippen LogP contribution in [0.4, 0.5) is 30.8 Å². The first-order chi connectivity index (χ1) is 15.5. The van der Waals surface area contributed by atoms with Crippen LogP contribution in [0, 0.1) is 0 Å². The SMILES string of the molecule is O=C1N(c2ccc3ncsc3c2)Cc2ccc(OCC(F)F)nc2N1c1ccc(Br)cc1. The molecule has 0 N–H and O–H groups in total. The lowest BCUT2D eigenvalue weighted by molar-refractivity contribution is 0.0796. The molecule has 0 saturated heterocycles. The minimum atomic E-state index is -2.62. The number of alkyl halides is 2. The van der Waals surface area contributed by atoms with Crippen LogP contribution in [0.3, 0.4) is 0 Å². The summed E-state index contributed by atoms with van der Waals surface area (Å²) in [5.41, 5.74) is 4.73. The standard InChI is InChI=1S/C22H15BrF2N4O2S/c23-14-2-4-15(5-3-14)29-21-13(1-8-20(27-21)31-11-19(24)25)10-28(22(29)30)16-6-7-17-18(9-16)32-12-26-17/h1-9,12,19H,10-11H2. The molecule has 10 heteroatoms. The monoisotopic (exact) mass is 516 g/mol. The normalized spacial score (nSPS) is 13.7. The van der Waals surface area contributed by atoms with Crippen molar-refractivity contribution < 1.29 is 18.3 Å². The molecule has 0 saturated carbocycles. The Hall–Kier alpha value is -3.11. The van der Waals surface area contributed by atoms with Crippen molar-refractivity contribution in [1.82, 2.24) is 9.97 Å². The van der Waals surface area contributed by atoms with Crippen LogP contribution in [-0.4, -0.2) is 29.0 Å². The molecule has 0 aliphatic carbocycles. The van der Waals surface area contributed by atoms with Crippen LogP contribution in [0.25, 0.3) is 10.2 Å². The van der Waals surface area contributed by atoms with E-state index in [1.807, 2.05) is 30.3 Å². The lowest BCUT2D eigenvalue weighted by atomic mass is 10.1. The molecule has 0 unspecified atom stereocenters. The highest BCUT2D eigenvalue weighted by molar-refractivity contribution is 9.10. The summed E-state index contributed by atoms with van der Waals surface area (Å²) in [6.07, 6.45) is -2.62. The van der Waals surface area contributed by atoms with Gasteiger partial charge in [0, 0.05) is 21.8 Å². The molecule has 2 aromatic carbocycles. The number of amides is 2. The number of rotatable bonds is 5. The molecule has 32 heavy (non-hydrogen) atoms. The summed E-state index contributed by atoms with van der Waals surface area (Å²) in [6.45, 7) is -0.480. The maximum absolute atomic E-state index is 13.7. The van der Waals surface area contributed by atoms with Crippen LogP contribution in [0.1, 0.15) is 5.56 Å². The number of urea groups is 1. The number of anilines is 3. The third-order valence-corrected chi connectivity index (χ3v) is 6.28. The summed E-state index contributed by atoms with van der Waals surface area (Å²) in [7, 11) is 0. The summed E-state index contributed by atoms with van der Waals surface area (Å²) < 4.78 is 32.1. The van der Waals surface area contributed by atoms with E-state index in [1.165, 1.54) is 16.2 Å². The van der Waals surface area contributed by atoms with E-state index in [9.17, 15) is 13.6 Å². The number of halogens is 3. The molecular weight excluding hydrogens is 502 g/mol. The second-order valence-corrected chi connectivity index (χ2v) is 8.82. The minimum absolute atomic E-state index is 0.0403. The number of hydrogen-bond donors (Lipinski definition) is 0. The summed E-state index contributed by atoms with van der Waals surface area (Å²) in [5.74, 6) is 0.401. The van der Waals surface area contributed by atoms with Gasteiger partial charge in [-0.3, -0.25) is 4.90 Å². The van der Waals surface area contributed by atoms with Gasteiger partial charge in [-0.1, -0.05) is 15.9 Å². The molecule has 2 aromatic heterocycles. The van der Waals surface area contributed by atoms with Crippen molar-refractivity contribution in [3.63, 3.8) is 0 Å². The van der Waals surface area contributed by atoms with Gasteiger partial charge in [-0.2, -0.15) is 4.98 Å². The predicted molar refractivity (Wildman–Crippen MR) is 123 cm³/mol. The van der Waals surface area contributed by atoms with Crippen molar-refractivity contribution in [2.24, 2.45) is 0 Å². The number of fused-ring (bicyclic) bond motifs is 2. The van der Waals surface area contributed by atoms with Crippen LogP contribution in [0.15, 0.2) is 64.6 Å². The van der Waals surface area contributed by atoms with E-state index in [1.54, 1.807) is 34.7 Å². The zero-order valence-corrected chi connectivity index (χ0v) is 18.8. The Balaban J connectivity index is 1.59. The zero-order valence-electron chi connectivity index (χ0n) is 16.4. The number of hydrogen-bond acceptors (Lipinski definition) is 5. The quantitative estimate of drug-likeness (QED) is 0.309. The van der Waals surface area contributed by atoms with Gasteiger partial charge in [0.15, 0.2) is 6.61 Å². The topological polar surface area (TPSA) is 58.6 Å². The van der Waals surface area contributed by atoms with Gasteiger partial charge in [-0.15, -0.1) is 11.3 Å². The smallest absolute Gasteiger partial charge is 0.335 e. The number of pyridine rings is 1. The van der Waals surface area contributed by atoms with Gasteiger partial charge in [0.2, 0.25) is 5.88 Å². The Morgan fingerprint density at radius 3 is 2.66 bits per heavy atom. The van der Waals surface area contributed by atoms with Crippen LogP contribution < -0.4 is 14.5 Å². The molecular formula is C22H15BrF2N4O2S. The van der Waals surface area contributed by atoms with E-state index in [0.29, 0.717) is 11.5 Å². The molecule has 162 valence electrons. The summed E-state index contributed by atoms with van der Waals surface area (Å²) in [4.78, 5) is 25.5. The lowest BCUT2D eigenvalue weighted by Crippen LogP contribution is -2.45. The molecule has 2 amide bonds. The first-order valence-corrected chi connectivity index (χ1v) is 11.3. The van der Waals surface area contributed by atoms with E-state index in [0.717, 1.165) is 25.9 Å². The fourth-order valence-electron chi connectivity index (χ4n) is 3.49. The molecule has 0 spiro atoms. The van der Waals surface area contributed by atoms with Crippen molar-refractivity contribution in [2.75, 3.05) is 16.4 Å². The van der Waals surface area contributed by atoms with Crippen LogP contribution in [-0.2, 0) is 6.54 Å². The van der Waals surface area contributed by atoms with E-state index in [-0.39, 0.29) is 18.5 Å². The maximum Gasteiger partial charge on any atom is 0.335 e. The van der Waals surface area contributed by atoms with Crippen molar-refractivity contribution in [2.45, 2.75) is 13.0 Å². The molecule has 4 aromatic rings. The number of thiazole rings is 1. The Labute approximate surface area is 194 Å². The minimum Gasteiger partial charge on any atom is -0.472 e. The van der Waals surface area contributed by atoms with E-state index in [2.05, 4.69) is 25.9 Å². The highest BCUT2D eigenvalue weighted by Crippen LogP contribution is 2.38. The average molecular weight is 517 g/mol. The summed E-state index contributed by atoms with van der Waals surface area (Å²) in [5, 5.41) is 0. The fraction of sp³-hybridized carbons (Fsp3) is 0.136. The Kier molecular flexibility index (Phi) is 5.48. The molecule has 3 heterocycles. The molecule has 5 rings (SSSR count). The molecule has 0 atom stereocenters. The maximum atomic E-state index is 13.7. The molecule has 1 aliphatic heterocycles. The fourth-order valence-corrected chi connectivity index (χ4v) is 4.47. The average Bonchev–Trinajstić information content (AvgIpc) is 3.26. The first kappa shape index (κ1) is 20.8. The molecule has 1 aliphatic rings. The van der Waals surface area contributed by atoms with Crippen molar-refractivity contribution in [3.8, 4) is 5.88 Å². The van der Waals surface area contributed by atoms with E-state index >= 15 is 0 Å². The third-order valence-electron chi connectivity index (χ3n) is 4.96. The first-order valence-electron chi connectivity index (χ1n) is 9.61. The number of carbonyl (C=O) groups is 1. The number of carbonyl (C=O) groups excluding carboxylic acids is 1. The zero-order chi connectivity index (χ0) is 22.2. The van der Waals surface area contributed by atoms with Gasteiger partial charge >= 0.3 is 6.03 Å². The van der Waals surface area contributed by atoms with Crippen molar-refractivity contribution in [1.29, 1.82) is 0 Å². The van der Waals surface area contributed by atoms with Gasteiger partial charge in [-0.05, 0) is 48.5 Å². The van der Waals surface area contributed by atoms with E-state index < -0.39 is 13.0 Å². The number of ether oxygens (including phenoxy) is 1. The summed E-state index contributed by atoms with van der Waals surface area (Å²) >= 11 is 4.91. The second-order valence-electron chi connectivity index (χ2n) is 7.02. The van der Waals surface area contributed by atoms with Gasteiger partial charge in [0.25, 0.3) is 6.43 Å². The van der Waals surface area contributed by atoms with Crippen molar-refractivity contribution >= 4 is 60.7 Å². The highest BCUT2D eigenvalue weighted by atomic mass is 79.9. The third kappa shape index (κ3) is 3.91. The Bertz CT molecular complexity index is 1300. The molecule has 0 bridgehead atoms. The highest BCUT2D eigenvalue weighted by Gasteiger charge is 2.34. The van der Waals surface area contributed by atoms with Crippen molar-refractivity contribution in [3.05, 3.63) is 70.1 Å². The van der Waals surface area contributed by atoms with Crippen LogP contribution >= 0.6 is 27.3 Å². The van der Waals surface area contributed by atoms with Crippen LogP contribution in [0.5, 0.6) is 5.88 Å². The van der Waals surface area contributed by atoms with Gasteiger partial charge in [-0.25, -0.2) is 23.5 Å². The van der Waals surface area contributed by atoms with Gasteiger partial charge < -0.3 is 4.74 Å². The number of aromatic nitrogens is 2. The van der Waals surface area contributed by atoms with Crippen LogP contribution in [0.2, 0.25) is 0 Å². The Morgan fingerprint density at radius 2 is 1.88 bits per heavy atom. The van der Waals surface area contributed by atoms with E-state index in [4.69, 9.17) is 4.74 Å². The molecule has 0 radical (unpaired) electrons.